The number of nitrogens with zero attached hydrogens (tertiary/aromatic N) is 2. The van der Waals surface area contributed by atoms with Crippen molar-refractivity contribution in [1.82, 2.24) is 4.57 Å². The van der Waals surface area contributed by atoms with Crippen LogP contribution in [0, 0.1) is 0 Å². The maximum absolute atomic E-state index is 12.9. The van der Waals surface area contributed by atoms with E-state index in [0.29, 0.717) is 17.8 Å². The van der Waals surface area contributed by atoms with Crippen LogP contribution in [0.5, 0.6) is 0 Å². The van der Waals surface area contributed by atoms with Gasteiger partial charge in [0.25, 0.3) is 5.56 Å². The van der Waals surface area contributed by atoms with Crippen molar-refractivity contribution in [3.8, 4) is 0 Å². The molecule has 0 aliphatic heterocycles. The van der Waals surface area contributed by atoms with Gasteiger partial charge in [0.2, 0.25) is 10.0 Å². The number of benzene rings is 1. The average Bonchev–Trinajstić information content (AvgIpc) is 2.53. The van der Waals surface area contributed by atoms with E-state index < -0.39 is 28.1 Å². The molecule has 0 saturated carbocycles. The molecule has 2 aromatic rings. The number of aliphatic carboxylic acids is 1. The van der Waals surface area contributed by atoms with E-state index in [2.05, 4.69) is 0 Å². The Balaban J connectivity index is 2.71. The topological polar surface area (TPSA) is 96.7 Å². The van der Waals surface area contributed by atoms with Gasteiger partial charge in [-0.2, -0.15) is 0 Å². The van der Waals surface area contributed by atoms with Gasteiger partial charge in [0.05, 0.1) is 11.9 Å². The van der Waals surface area contributed by atoms with Gasteiger partial charge in [-0.15, -0.1) is 0 Å². The van der Waals surface area contributed by atoms with Crippen LogP contribution < -0.4 is 9.86 Å². The summed E-state index contributed by atoms with van der Waals surface area (Å²) in [6.45, 7) is 1.39. The Morgan fingerprint density at radius 1 is 1.16 bits per heavy atom. The monoisotopic (exact) mass is 364 g/mol. The lowest BCUT2D eigenvalue weighted by Crippen LogP contribution is -2.35. The Bertz CT molecular complexity index is 920. The molecule has 0 aliphatic carbocycles. The van der Waals surface area contributed by atoms with Crippen molar-refractivity contribution < 1.29 is 18.3 Å². The summed E-state index contributed by atoms with van der Waals surface area (Å²) < 4.78 is 26.6. The minimum Gasteiger partial charge on any atom is -0.480 e. The van der Waals surface area contributed by atoms with Gasteiger partial charge in [-0.3, -0.25) is 14.2 Å². The van der Waals surface area contributed by atoms with E-state index in [9.17, 15) is 18.0 Å². The molecule has 0 fully saturated rings. The van der Waals surface area contributed by atoms with Gasteiger partial charge in [0, 0.05) is 5.69 Å². The Morgan fingerprint density at radius 3 is 2.32 bits per heavy atom. The molecule has 134 valence electrons. The number of hydrogen-bond donors (Lipinski definition) is 1. The quantitative estimate of drug-likeness (QED) is 0.810. The normalized spacial score (nSPS) is 11.3. The van der Waals surface area contributed by atoms with Crippen molar-refractivity contribution in [2.75, 3.05) is 10.6 Å². The SMILES string of the molecule is CCCc1ccc(N(c2ccccc2)S(C)(=O)=O)c(=O)n1CC(=O)O. The van der Waals surface area contributed by atoms with Gasteiger partial charge in [-0.25, -0.2) is 12.7 Å². The highest BCUT2D eigenvalue weighted by Gasteiger charge is 2.24. The predicted octanol–water partition coefficient (Wildman–Crippen LogP) is 1.98. The summed E-state index contributed by atoms with van der Waals surface area (Å²) in [5, 5.41) is 9.10. The number of pyridine rings is 1. The Morgan fingerprint density at radius 2 is 1.80 bits per heavy atom. The lowest BCUT2D eigenvalue weighted by Gasteiger charge is -2.23. The molecular formula is C17H20N2O5S. The zero-order valence-corrected chi connectivity index (χ0v) is 14.9. The second-order valence-corrected chi connectivity index (χ2v) is 7.44. The summed E-state index contributed by atoms with van der Waals surface area (Å²) in [5.74, 6) is -1.16. The fourth-order valence-electron chi connectivity index (χ4n) is 2.62. The molecule has 7 nitrogen and oxygen atoms in total. The molecule has 0 amide bonds. The Kier molecular flexibility index (Phi) is 5.63. The first-order valence-corrected chi connectivity index (χ1v) is 9.60. The van der Waals surface area contributed by atoms with Gasteiger partial charge in [-0.1, -0.05) is 31.5 Å². The fraction of sp³-hybridized carbons (Fsp3) is 0.294. The maximum atomic E-state index is 12.9. The highest BCUT2D eigenvalue weighted by atomic mass is 32.2. The molecule has 0 bridgehead atoms. The highest BCUT2D eigenvalue weighted by Crippen LogP contribution is 2.25. The Hall–Kier alpha value is -2.61. The predicted molar refractivity (Wildman–Crippen MR) is 95.8 cm³/mol. The number of anilines is 2. The van der Waals surface area contributed by atoms with Crippen LogP contribution in [0.3, 0.4) is 0 Å². The van der Waals surface area contributed by atoms with Crippen LogP contribution in [-0.2, 0) is 27.8 Å². The van der Waals surface area contributed by atoms with Crippen LogP contribution in [0.15, 0.2) is 47.3 Å². The van der Waals surface area contributed by atoms with E-state index in [0.717, 1.165) is 21.5 Å². The van der Waals surface area contributed by atoms with E-state index in [1.54, 1.807) is 36.4 Å². The number of para-hydroxylation sites is 1. The van der Waals surface area contributed by atoms with E-state index >= 15 is 0 Å². The third-order valence-electron chi connectivity index (χ3n) is 3.59. The van der Waals surface area contributed by atoms with Crippen LogP contribution in [0.4, 0.5) is 11.4 Å². The number of carboxylic acids is 1. The molecule has 0 atom stereocenters. The van der Waals surface area contributed by atoms with Gasteiger partial charge in [0.15, 0.2) is 0 Å². The van der Waals surface area contributed by atoms with Crippen molar-refractivity contribution in [1.29, 1.82) is 0 Å². The number of rotatable bonds is 7. The van der Waals surface area contributed by atoms with E-state index in [-0.39, 0.29) is 5.69 Å². The number of aromatic nitrogens is 1. The zero-order valence-electron chi connectivity index (χ0n) is 14.0. The van der Waals surface area contributed by atoms with Crippen molar-refractivity contribution in [3.05, 3.63) is 58.5 Å². The van der Waals surface area contributed by atoms with Crippen molar-refractivity contribution in [2.45, 2.75) is 26.3 Å². The summed E-state index contributed by atoms with van der Waals surface area (Å²) in [6.07, 6.45) is 2.25. The van der Waals surface area contributed by atoms with Crippen LogP contribution in [0.25, 0.3) is 0 Å². The highest BCUT2D eigenvalue weighted by molar-refractivity contribution is 7.92. The third-order valence-corrected chi connectivity index (χ3v) is 4.66. The first-order valence-electron chi connectivity index (χ1n) is 7.75. The molecule has 1 aromatic carbocycles. The van der Waals surface area contributed by atoms with Crippen LogP contribution >= 0.6 is 0 Å². The number of carbonyl (C=O) groups is 1. The molecule has 8 heteroatoms. The van der Waals surface area contributed by atoms with Crippen LogP contribution in [0.1, 0.15) is 19.0 Å². The molecule has 1 aromatic heterocycles. The first-order chi connectivity index (χ1) is 11.8. The molecule has 0 spiro atoms. The third kappa shape index (κ3) is 4.27. The van der Waals surface area contributed by atoms with Crippen LogP contribution in [0.2, 0.25) is 0 Å². The molecule has 0 aliphatic rings. The number of carboxylic acid groups (broad SMARTS) is 1. The second kappa shape index (κ2) is 7.52. The van der Waals surface area contributed by atoms with Gasteiger partial charge in [0.1, 0.15) is 12.2 Å². The first kappa shape index (κ1) is 18.7. The number of sulfonamides is 1. The minimum absolute atomic E-state index is 0.102. The lowest BCUT2D eigenvalue weighted by atomic mass is 10.2. The summed E-state index contributed by atoms with van der Waals surface area (Å²) in [7, 11) is -3.79. The second-order valence-electron chi connectivity index (χ2n) is 5.61. The summed E-state index contributed by atoms with van der Waals surface area (Å²) in [4.78, 5) is 24.0. The molecular weight excluding hydrogens is 344 g/mol. The van der Waals surface area contributed by atoms with Crippen molar-refractivity contribution in [2.24, 2.45) is 0 Å². The van der Waals surface area contributed by atoms with Crippen molar-refractivity contribution >= 4 is 27.4 Å². The molecule has 1 N–H and O–H groups in total. The number of aryl methyl sites for hydroxylation is 1. The molecule has 0 unspecified atom stereocenters. The summed E-state index contributed by atoms with van der Waals surface area (Å²) >= 11 is 0. The largest absolute Gasteiger partial charge is 0.480 e. The maximum Gasteiger partial charge on any atom is 0.323 e. The smallest absolute Gasteiger partial charge is 0.323 e. The molecule has 0 saturated heterocycles. The van der Waals surface area contributed by atoms with E-state index in [1.807, 2.05) is 6.92 Å². The zero-order chi connectivity index (χ0) is 18.6. The molecule has 0 radical (unpaired) electrons. The van der Waals surface area contributed by atoms with Gasteiger partial charge < -0.3 is 5.11 Å². The average molecular weight is 364 g/mol. The van der Waals surface area contributed by atoms with Gasteiger partial charge in [-0.05, 0) is 30.7 Å². The standard InChI is InChI=1S/C17H20N2O5S/c1-3-7-13-10-11-15(17(22)18(13)12-16(20)21)19(25(2,23)24)14-8-5-4-6-9-14/h4-6,8-11H,3,7,12H2,1-2H3,(H,20,21). The molecule has 1 heterocycles. The van der Waals surface area contributed by atoms with E-state index in [1.165, 1.54) is 6.07 Å². The Labute approximate surface area is 146 Å². The van der Waals surface area contributed by atoms with Crippen molar-refractivity contribution in [3.63, 3.8) is 0 Å². The minimum atomic E-state index is -3.79. The van der Waals surface area contributed by atoms with Crippen LogP contribution in [-0.4, -0.2) is 30.3 Å². The summed E-state index contributed by atoms with van der Waals surface area (Å²) in [5.41, 5.74) is 0.116. The number of hydrogen-bond acceptors (Lipinski definition) is 4. The van der Waals surface area contributed by atoms with E-state index in [4.69, 9.17) is 5.11 Å². The van der Waals surface area contributed by atoms with Gasteiger partial charge >= 0.3 is 5.97 Å². The molecule has 25 heavy (non-hydrogen) atoms. The lowest BCUT2D eigenvalue weighted by molar-refractivity contribution is -0.137. The molecule has 2 rings (SSSR count). The summed E-state index contributed by atoms with van der Waals surface area (Å²) in [6, 6.07) is 11.2. The fourth-order valence-corrected chi connectivity index (χ4v) is 3.62.